The molecule has 0 spiro atoms. The molecule has 0 aliphatic carbocycles. The summed E-state index contributed by atoms with van der Waals surface area (Å²) >= 11 is 1.59. The first-order chi connectivity index (χ1) is 8.49. The van der Waals surface area contributed by atoms with E-state index in [0.717, 1.165) is 22.8 Å². The van der Waals surface area contributed by atoms with Gasteiger partial charge in [-0.15, -0.1) is 11.8 Å². The second kappa shape index (κ2) is 5.20. The Balaban J connectivity index is 2.30. The third-order valence-electron chi connectivity index (χ3n) is 2.96. The Morgan fingerprint density at radius 1 is 1.44 bits per heavy atom. The van der Waals surface area contributed by atoms with Gasteiger partial charge in [-0.2, -0.15) is 0 Å². The molecule has 2 N–H and O–H groups in total. The van der Waals surface area contributed by atoms with Crippen LogP contribution in [-0.2, 0) is 4.79 Å². The van der Waals surface area contributed by atoms with Gasteiger partial charge in [0.05, 0.1) is 10.9 Å². The lowest BCUT2D eigenvalue weighted by atomic mass is 10.2. The molecule has 1 aromatic carbocycles. The van der Waals surface area contributed by atoms with Gasteiger partial charge in [-0.1, -0.05) is 0 Å². The number of hydrogen-bond acceptors (Lipinski definition) is 4. The van der Waals surface area contributed by atoms with Crippen molar-refractivity contribution in [1.82, 2.24) is 4.90 Å². The molecule has 1 atom stereocenters. The van der Waals surface area contributed by atoms with Gasteiger partial charge in [0, 0.05) is 23.7 Å². The number of benzene rings is 1. The van der Waals surface area contributed by atoms with E-state index in [-0.39, 0.29) is 11.2 Å². The molecule has 2 rings (SSSR count). The summed E-state index contributed by atoms with van der Waals surface area (Å²) in [5, 5.41) is -0.0403. The van der Waals surface area contributed by atoms with E-state index >= 15 is 0 Å². The molecule has 0 radical (unpaired) electrons. The van der Waals surface area contributed by atoms with Crippen LogP contribution in [0.3, 0.4) is 0 Å². The molecule has 1 aromatic rings. The first-order valence-corrected chi connectivity index (χ1v) is 6.89. The average molecular weight is 265 g/mol. The van der Waals surface area contributed by atoms with Crippen LogP contribution in [0.15, 0.2) is 23.1 Å². The Labute approximate surface area is 112 Å². The molecule has 1 unspecified atom stereocenters. The minimum absolute atomic E-state index is 0.0403. The molecule has 18 heavy (non-hydrogen) atoms. The fourth-order valence-corrected chi connectivity index (χ4v) is 3.07. The fourth-order valence-electron chi connectivity index (χ4n) is 1.96. The molecule has 0 aromatic heterocycles. The molecule has 0 saturated carbocycles. The molecule has 0 fully saturated rings. The molecule has 1 heterocycles. The van der Waals surface area contributed by atoms with Crippen molar-refractivity contribution < 1.29 is 4.79 Å². The molecule has 0 bridgehead atoms. The highest BCUT2D eigenvalue weighted by atomic mass is 32.2. The normalized spacial score (nSPS) is 19.2. The molecule has 5 heteroatoms. The zero-order valence-corrected chi connectivity index (χ0v) is 11.8. The number of nitrogens with two attached hydrogens (primary N) is 1. The van der Waals surface area contributed by atoms with Gasteiger partial charge >= 0.3 is 0 Å². The van der Waals surface area contributed by atoms with Gasteiger partial charge in [-0.25, -0.2) is 0 Å². The highest BCUT2D eigenvalue weighted by Crippen LogP contribution is 2.39. The van der Waals surface area contributed by atoms with Crippen molar-refractivity contribution in [3.05, 3.63) is 18.2 Å². The summed E-state index contributed by atoms with van der Waals surface area (Å²) in [6.07, 6.45) is 0. The summed E-state index contributed by atoms with van der Waals surface area (Å²) in [4.78, 5) is 17.3. The summed E-state index contributed by atoms with van der Waals surface area (Å²) in [6.45, 7) is 3.52. The van der Waals surface area contributed by atoms with Crippen LogP contribution in [0.2, 0.25) is 0 Å². The maximum atomic E-state index is 12.2. The van der Waals surface area contributed by atoms with Crippen LogP contribution in [0.4, 0.5) is 11.4 Å². The molecule has 4 nitrogen and oxygen atoms in total. The van der Waals surface area contributed by atoms with Gasteiger partial charge in [-0.05, 0) is 39.2 Å². The van der Waals surface area contributed by atoms with Crippen LogP contribution in [0.1, 0.15) is 6.92 Å². The Hall–Kier alpha value is -1.20. The van der Waals surface area contributed by atoms with E-state index in [4.69, 9.17) is 5.73 Å². The lowest BCUT2D eigenvalue weighted by Crippen LogP contribution is -2.43. The predicted octanol–water partition coefficient (Wildman–Crippen LogP) is 1.66. The van der Waals surface area contributed by atoms with E-state index in [1.807, 2.05) is 44.1 Å². The van der Waals surface area contributed by atoms with Gasteiger partial charge in [0.1, 0.15) is 0 Å². The van der Waals surface area contributed by atoms with Gasteiger partial charge in [0.15, 0.2) is 0 Å². The van der Waals surface area contributed by atoms with Crippen molar-refractivity contribution in [1.29, 1.82) is 0 Å². The van der Waals surface area contributed by atoms with E-state index in [9.17, 15) is 4.79 Å². The summed E-state index contributed by atoms with van der Waals surface area (Å²) in [5.74, 6) is 0.180. The Kier molecular flexibility index (Phi) is 3.82. The minimum atomic E-state index is -0.0403. The van der Waals surface area contributed by atoms with Crippen LogP contribution >= 0.6 is 11.8 Å². The number of likely N-dealkylation sites (N-methyl/N-ethyl adjacent to an activating group) is 1. The number of nitrogen functional groups attached to an aromatic ring is 1. The Morgan fingerprint density at radius 3 is 2.83 bits per heavy atom. The maximum absolute atomic E-state index is 12.2. The highest BCUT2D eigenvalue weighted by Gasteiger charge is 2.30. The van der Waals surface area contributed by atoms with Crippen molar-refractivity contribution in [3.8, 4) is 0 Å². The molecule has 0 saturated heterocycles. The van der Waals surface area contributed by atoms with E-state index < -0.39 is 0 Å². The number of nitrogens with zero attached hydrogens (tertiary/aromatic N) is 2. The van der Waals surface area contributed by atoms with Crippen molar-refractivity contribution in [2.45, 2.75) is 17.1 Å². The van der Waals surface area contributed by atoms with Crippen molar-refractivity contribution in [3.63, 3.8) is 0 Å². The molecular formula is C13H19N3OS. The van der Waals surface area contributed by atoms with E-state index in [1.54, 1.807) is 11.8 Å². The molecule has 1 aliphatic rings. The van der Waals surface area contributed by atoms with E-state index in [0.29, 0.717) is 6.54 Å². The zero-order chi connectivity index (χ0) is 13.3. The smallest absolute Gasteiger partial charge is 0.240 e. The average Bonchev–Trinajstić information content (AvgIpc) is 2.29. The summed E-state index contributed by atoms with van der Waals surface area (Å²) in [5.41, 5.74) is 7.54. The first kappa shape index (κ1) is 13.2. The predicted molar refractivity (Wildman–Crippen MR) is 77.1 cm³/mol. The molecule has 1 aliphatic heterocycles. The van der Waals surface area contributed by atoms with Gasteiger partial charge in [0.2, 0.25) is 5.91 Å². The first-order valence-electron chi connectivity index (χ1n) is 6.01. The zero-order valence-electron chi connectivity index (χ0n) is 11.0. The van der Waals surface area contributed by atoms with Crippen LogP contribution in [0, 0.1) is 0 Å². The van der Waals surface area contributed by atoms with Crippen molar-refractivity contribution >= 4 is 29.0 Å². The second-order valence-electron chi connectivity index (χ2n) is 4.78. The number of carbonyl (C=O) groups is 1. The number of carbonyl (C=O) groups excluding carboxylic acids is 1. The van der Waals surface area contributed by atoms with Gasteiger partial charge < -0.3 is 15.5 Å². The monoisotopic (exact) mass is 265 g/mol. The largest absolute Gasteiger partial charge is 0.399 e. The van der Waals surface area contributed by atoms with Gasteiger partial charge in [-0.3, -0.25) is 4.79 Å². The van der Waals surface area contributed by atoms with Crippen LogP contribution in [0.25, 0.3) is 0 Å². The standard InChI is InChI=1S/C13H19N3OS/c1-9-13(17)16(7-6-15(2)3)11-5-4-10(14)8-12(11)18-9/h4-5,8-9H,6-7,14H2,1-3H3. The number of amides is 1. The van der Waals surface area contributed by atoms with Crippen LogP contribution in [0.5, 0.6) is 0 Å². The van der Waals surface area contributed by atoms with Crippen molar-refractivity contribution in [2.75, 3.05) is 37.8 Å². The summed E-state index contributed by atoms with van der Waals surface area (Å²) in [6, 6.07) is 5.74. The number of hydrogen-bond donors (Lipinski definition) is 1. The summed E-state index contributed by atoms with van der Waals surface area (Å²) in [7, 11) is 4.02. The van der Waals surface area contributed by atoms with Crippen LogP contribution in [-0.4, -0.2) is 43.2 Å². The van der Waals surface area contributed by atoms with E-state index in [1.165, 1.54) is 0 Å². The minimum Gasteiger partial charge on any atom is -0.399 e. The lowest BCUT2D eigenvalue weighted by Gasteiger charge is -2.33. The highest BCUT2D eigenvalue weighted by molar-refractivity contribution is 8.01. The quantitative estimate of drug-likeness (QED) is 0.844. The molecular weight excluding hydrogens is 246 g/mol. The lowest BCUT2D eigenvalue weighted by molar-refractivity contribution is -0.118. The third kappa shape index (κ3) is 2.62. The number of rotatable bonds is 3. The molecule has 1 amide bonds. The third-order valence-corrected chi connectivity index (χ3v) is 4.10. The van der Waals surface area contributed by atoms with Crippen LogP contribution < -0.4 is 10.6 Å². The molecule has 98 valence electrons. The SMILES string of the molecule is CC1Sc2cc(N)ccc2N(CCN(C)C)C1=O. The fraction of sp³-hybridized carbons (Fsp3) is 0.462. The van der Waals surface area contributed by atoms with Gasteiger partial charge in [0.25, 0.3) is 0 Å². The maximum Gasteiger partial charge on any atom is 0.240 e. The Bertz CT molecular complexity index is 462. The summed E-state index contributed by atoms with van der Waals surface area (Å²) < 4.78 is 0. The number of anilines is 2. The second-order valence-corrected chi connectivity index (χ2v) is 6.16. The Morgan fingerprint density at radius 2 is 2.17 bits per heavy atom. The number of thioether (sulfide) groups is 1. The topological polar surface area (TPSA) is 49.6 Å². The number of fused-ring (bicyclic) bond motifs is 1. The van der Waals surface area contributed by atoms with E-state index in [2.05, 4.69) is 4.90 Å². The van der Waals surface area contributed by atoms with Crippen molar-refractivity contribution in [2.24, 2.45) is 0 Å².